The lowest BCUT2D eigenvalue weighted by Crippen LogP contribution is -2.49. The summed E-state index contributed by atoms with van der Waals surface area (Å²) in [5.74, 6) is 0.751. The van der Waals surface area contributed by atoms with Gasteiger partial charge < -0.3 is 20.4 Å². The van der Waals surface area contributed by atoms with Gasteiger partial charge in [-0.1, -0.05) is 18.2 Å². The van der Waals surface area contributed by atoms with Gasteiger partial charge >= 0.3 is 0 Å². The first-order valence-corrected chi connectivity index (χ1v) is 10.8. The number of hydrogen-bond donors (Lipinski definition) is 2. The molecule has 3 heterocycles. The molecule has 2 amide bonds. The van der Waals surface area contributed by atoms with E-state index < -0.39 is 0 Å². The molecule has 3 saturated heterocycles. The van der Waals surface area contributed by atoms with E-state index in [1.54, 1.807) is 0 Å². The van der Waals surface area contributed by atoms with Crippen molar-refractivity contribution in [1.29, 1.82) is 0 Å². The van der Waals surface area contributed by atoms with Crippen molar-refractivity contribution in [3.8, 4) is 0 Å². The maximum atomic E-state index is 12.5. The predicted octanol–water partition coefficient (Wildman–Crippen LogP) is 2.61. The number of nitrogens with zero attached hydrogens (tertiary/aromatic N) is 2. The molecule has 2 atom stereocenters. The molecular formula is C22H34Cl2N4O2. The van der Waals surface area contributed by atoms with Crippen LogP contribution in [-0.4, -0.2) is 61.5 Å². The number of para-hydroxylation sites is 1. The minimum Gasteiger partial charge on any atom is -0.368 e. The van der Waals surface area contributed by atoms with Gasteiger partial charge in [-0.25, -0.2) is 0 Å². The molecule has 2 unspecified atom stereocenters. The predicted molar refractivity (Wildman–Crippen MR) is 125 cm³/mol. The molecule has 0 aliphatic carbocycles. The maximum Gasteiger partial charge on any atom is 0.224 e. The first-order valence-electron chi connectivity index (χ1n) is 10.8. The molecule has 3 aliphatic rings. The summed E-state index contributed by atoms with van der Waals surface area (Å²) in [6.45, 7) is 3.67. The van der Waals surface area contributed by atoms with E-state index in [0.29, 0.717) is 37.4 Å². The number of piperazine rings is 1. The van der Waals surface area contributed by atoms with Crippen molar-refractivity contribution in [2.75, 3.05) is 37.6 Å². The van der Waals surface area contributed by atoms with Gasteiger partial charge in [-0.2, -0.15) is 0 Å². The van der Waals surface area contributed by atoms with Crippen LogP contribution < -0.4 is 15.5 Å². The zero-order chi connectivity index (χ0) is 19.3. The highest BCUT2D eigenvalue weighted by Gasteiger charge is 2.34. The molecule has 0 saturated carbocycles. The van der Waals surface area contributed by atoms with E-state index in [9.17, 15) is 9.59 Å². The molecule has 0 radical (unpaired) electrons. The topological polar surface area (TPSA) is 64.7 Å². The number of carbonyl (C=O) groups is 2. The number of piperidine rings is 1. The SMILES string of the molecule is Cl.Cl.O=C(CC1CC2CCC(C1)N2)NCCC(=O)N1CCN(c2ccccc2)CC1. The van der Waals surface area contributed by atoms with Crippen molar-refractivity contribution in [2.45, 2.75) is 50.6 Å². The average molecular weight is 457 g/mol. The second kappa shape index (κ2) is 11.8. The number of halogens is 2. The number of benzene rings is 1. The average Bonchev–Trinajstić information content (AvgIpc) is 3.07. The Kier molecular flexibility index (Phi) is 9.72. The largest absolute Gasteiger partial charge is 0.368 e. The van der Waals surface area contributed by atoms with Gasteiger partial charge in [0.2, 0.25) is 11.8 Å². The molecule has 8 heteroatoms. The van der Waals surface area contributed by atoms with Gasteiger partial charge in [-0.3, -0.25) is 9.59 Å². The maximum absolute atomic E-state index is 12.5. The molecular weight excluding hydrogens is 423 g/mol. The highest BCUT2D eigenvalue weighted by molar-refractivity contribution is 5.85. The Morgan fingerprint density at radius 1 is 0.967 bits per heavy atom. The van der Waals surface area contributed by atoms with Crippen LogP contribution in [0.15, 0.2) is 30.3 Å². The standard InChI is InChI=1S/C22H32N4O2.2ClH/c27-21(16-17-14-18-6-7-19(15-17)24-18)23-9-8-22(28)26-12-10-25(11-13-26)20-4-2-1-3-5-20;;/h1-5,17-19,24H,6-16H2,(H,23,27);2*1H. The van der Waals surface area contributed by atoms with Crippen molar-refractivity contribution in [2.24, 2.45) is 5.92 Å². The van der Waals surface area contributed by atoms with E-state index in [2.05, 4.69) is 27.7 Å². The molecule has 3 fully saturated rings. The molecule has 0 aromatic heterocycles. The van der Waals surface area contributed by atoms with E-state index in [4.69, 9.17) is 0 Å². The van der Waals surface area contributed by atoms with Crippen LogP contribution in [0.4, 0.5) is 5.69 Å². The normalized spacial score (nSPS) is 25.1. The van der Waals surface area contributed by atoms with E-state index in [0.717, 1.165) is 39.0 Å². The second-order valence-corrected chi connectivity index (χ2v) is 8.48. The molecule has 2 N–H and O–H groups in total. The fraction of sp³-hybridized carbons (Fsp3) is 0.636. The minimum absolute atomic E-state index is 0. The fourth-order valence-corrected chi connectivity index (χ4v) is 5.00. The number of carbonyl (C=O) groups excluding carboxylic acids is 2. The van der Waals surface area contributed by atoms with E-state index in [1.807, 2.05) is 23.1 Å². The number of amides is 2. The Morgan fingerprint density at radius 2 is 1.60 bits per heavy atom. The lowest BCUT2D eigenvalue weighted by Gasteiger charge is -2.36. The smallest absolute Gasteiger partial charge is 0.224 e. The van der Waals surface area contributed by atoms with Crippen LogP contribution in [0.25, 0.3) is 0 Å². The molecule has 4 rings (SSSR count). The summed E-state index contributed by atoms with van der Waals surface area (Å²) >= 11 is 0. The van der Waals surface area contributed by atoms with Crippen LogP contribution >= 0.6 is 24.8 Å². The van der Waals surface area contributed by atoms with Crippen molar-refractivity contribution < 1.29 is 9.59 Å². The number of nitrogens with one attached hydrogen (secondary N) is 2. The summed E-state index contributed by atoms with van der Waals surface area (Å²) in [7, 11) is 0. The highest BCUT2D eigenvalue weighted by Crippen LogP contribution is 2.32. The molecule has 168 valence electrons. The lowest BCUT2D eigenvalue weighted by atomic mass is 9.89. The third kappa shape index (κ3) is 6.50. The van der Waals surface area contributed by atoms with Crippen molar-refractivity contribution in [1.82, 2.24) is 15.5 Å². The van der Waals surface area contributed by atoms with Gasteiger partial charge in [-0.05, 0) is 43.7 Å². The summed E-state index contributed by atoms with van der Waals surface area (Å²) in [5.41, 5.74) is 1.22. The second-order valence-electron chi connectivity index (χ2n) is 8.48. The monoisotopic (exact) mass is 456 g/mol. The molecule has 1 aromatic carbocycles. The van der Waals surface area contributed by atoms with Crippen LogP contribution in [0.2, 0.25) is 0 Å². The van der Waals surface area contributed by atoms with Crippen molar-refractivity contribution >= 4 is 42.3 Å². The van der Waals surface area contributed by atoms with E-state index in [-0.39, 0.29) is 36.6 Å². The minimum atomic E-state index is 0. The zero-order valence-electron chi connectivity index (χ0n) is 17.4. The van der Waals surface area contributed by atoms with Crippen molar-refractivity contribution in [3.05, 3.63) is 30.3 Å². The van der Waals surface area contributed by atoms with E-state index >= 15 is 0 Å². The summed E-state index contributed by atoms with van der Waals surface area (Å²) in [5, 5.41) is 6.58. The Labute approximate surface area is 192 Å². The van der Waals surface area contributed by atoms with Crippen molar-refractivity contribution in [3.63, 3.8) is 0 Å². The first kappa shape index (κ1) is 24.8. The van der Waals surface area contributed by atoms with Gasteiger partial charge in [-0.15, -0.1) is 24.8 Å². The molecule has 6 nitrogen and oxygen atoms in total. The van der Waals surface area contributed by atoms with Gasteiger partial charge in [0.1, 0.15) is 0 Å². The Balaban J connectivity index is 0.00000160. The van der Waals surface area contributed by atoms with Crippen LogP contribution in [0.5, 0.6) is 0 Å². The molecule has 2 bridgehead atoms. The van der Waals surface area contributed by atoms with Crippen LogP contribution in [-0.2, 0) is 9.59 Å². The van der Waals surface area contributed by atoms with Crippen LogP contribution in [0.1, 0.15) is 38.5 Å². The molecule has 30 heavy (non-hydrogen) atoms. The number of hydrogen-bond acceptors (Lipinski definition) is 4. The lowest BCUT2D eigenvalue weighted by molar-refractivity contribution is -0.131. The van der Waals surface area contributed by atoms with Gasteiger partial charge in [0.25, 0.3) is 0 Å². The Bertz CT molecular complexity index is 671. The van der Waals surface area contributed by atoms with Gasteiger partial charge in [0.05, 0.1) is 0 Å². The summed E-state index contributed by atoms with van der Waals surface area (Å²) < 4.78 is 0. The zero-order valence-corrected chi connectivity index (χ0v) is 19.1. The number of rotatable bonds is 6. The summed E-state index contributed by atoms with van der Waals surface area (Å²) in [6.07, 6.45) is 5.76. The first-order chi connectivity index (χ1) is 13.7. The van der Waals surface area contributed by atoms with Gasteiger partial charge in [0, 0.05) is 63.3 Å². The molecule has 0 spiro atoms. The number of anilines is 1. The third-order valence-corrected chi connectivity index (χ3v) is 6.46. The third-order valence-electron chi connectivity index (χ3n) is 6.46. The molecule has 3 aliphatic heterocycles. The van der Waals surface area contributed by atoms with E-state index in [1.165, 1.54) is 18.5 Å². The highest BCUT2D eigenvalue weighted by atomic mass is 35.5. The quantitative estimate of drug-likeness (QED) is 0.690. The number of fused-ring (bicyclic) bond motifs is 2. The Morgan fingerprint density at radius 3 is 2.23 bits per heavy atom. The van der Waals surface area contributed by atoms with Gasteiger partial charge in [0.15, 0.2) is 0 Å². The van der Waals surface area contributed by atoms with Crippen LogP contribution in [0.3, 0.4) is 0 Å². The fourth-order valence-electron chi connectivity index (χ4n) is 5.00. The Hall–Kier alpha value is -1.50. The molecule has 1 aromatic rings. The van der Waals surface area contributed by atoms with Crippen LogP contribution in [0, 0.1) is 5.92 Å². The summed E-state index contributed by atoms with van der Waals surface area (Å²) in [6, 6.07) is 11.6. The summed E-state index contributed by atoms with van der Waals surface area (Å²) in [4.78, 5) is 28.9.